The number of amides is 12. The van der Waals surface area contributed by atoms with Crippen LogP contribution in [0.25, 0.3) is 0 Å². The van der Waals surface area contributed by atoms with Crippen LogP contribution in [-0.4, -0.2) is 186 Å². The van der Waals surface area contributed by atoms with Crippen molar-refractivity contribution in [1.82, 2.24) is 83.7 Å². The lowest BCUT2D eigenvalue weighted by molar-refractivity contribution is -0.152. The predicted octanol–water partition coefficient (Wildman–Crippen LogP) is 2.97. The molecule has 123 heavy (non-hydrogen) atoms. The zero-order chi connectivity index (χ0) is 91.0. The van der Waals surface area contributed by atoms with E-state index < -0.39 is 166 Å². The third-order valence-electron chi connectivity index (χ3n) is 16.4. The van der Waals surface area contributed by atoms with Gasteiger partial charge in [0.15, 0.2) is 11.5 Å². The molecule has 8 heterocycles. The number of hydrogen-bond donors (Lipinski definition) is 16. The van der Waals surface area contributed by atoms with Crippen molar-refractivity contribution in [3.8, 4) is 0 Å². The third-order valence-corrected chi connectivity index (χ3v) is 17.4. The number of hydrogen-bond acceptors (Lipinski definition) is 28. The molecule has 8 atom stereocenters. The minimum absolute atomic E-state index is 0.0582. The Hall–Kier alpha value is -12.8. The molecular formula is C80H93F3N16O20S4. The van der Waals surface area contributed by atoms with Crippen LogP contribution >= 0.6 is 50.5 Å². The van der Waals surface area contributed by atoms with E-state index >= 15 is 0 Å². The molecule has 4 aliphatic heterocycles. The standard InChI is InChI=1S/3C20H23FN4O5S.C20H24N4O5S/c1-11-18(27)24-12(2)20(29)30-14(5-3-4-8-31)9-16(26)22-10-13-6-7-15(21)17(25-13)19(28)23-11;1-11-18(27)24-12(2)20(29)30-13(5-3-4-8-31)9-17(26)22-10-16-14(21)6-7-15(25-16)19(28)23-11;1-11-18(27)24-12(2)20(29)30-15(5-3-4-6-31)9-17(26)22-10-14-7-13(21)8-16(25-14)19(28)23-11;1-12-18(26)23-13(2)20(28)29-15(7-3-4-9-30)10-17(25)21-11-14-6-5-8-16(24-14)19(27)22-12/h3,5-7,12,14,31H,1,4,8-10H2,2H3,(H,22,26)(H,23,28)(H,24,27);3,5-7,12-13,31H,1,4,8-10H2,2H3,(H,22,26)(H,23,28)(H,24,27);3,5,7-8,12,15,31H,1,4,6,9-10H2,2H3,(H,22,26)(H,23,28)(H,24,27);3,5-8,13,15,30H,1,4,9-11H2,2H3,(H,21,25)(H,22,27)(H,23,26)/b3*5-3+;7-3+/t12-,14+;12-,13+;12-,15+;13-,15+/m0000/s1. The molecule has 4 aromatic heterocycles. The number of carbonyl (C=O) groups excluding carboxylic acids is 16. The molecule has 12 N–H and O–H groups in total. The van der Waals surface area contributed by atoms with Crippen molar-refractivity contribution < 1.29 is 109 Å². The number of halogens is 3. The number of cyclic esters (lactones) is 4. The van der Waals surface area contributed by atoms with Gasteiger partial charge < -0.3 is 82.7 Å². The second-order valence-corrected chi connectivity index (χ2v) is 28.3. The Morgan fingerprint density at radius 1 is 0.366 bits per heavy atom. The number of rotatable bonds is 12. The van der Waals surface area contributed by atoms with E-state index in [1.807, 2.05) is 0 Å². The summed E-state index contributed by atoms with van der Waals surface area (Å²) in [5.41, 5.74) is -1.72. The van der Waals surface area contributed by atoms with Gasteiger partial charge in [0, 0.05) is 6.07 Å². The molecule has 4 aliphatic rings. The summed E-state index contributed by atoms with van der Waals surface area (Å²) in [4.78, 5) is 213. The largest absolute Gasteiger partial charge is 0.456 e. The van der Waals surface area contributed by atoms with Crippen LogP contribution in [0.15, 0.2) is 152 Å². The number of pyridine rings is 4. The first-order chi connectivity index (χ1) is 58.4. The third kappa shape index (κ3) is 35.8. The van der Waals surface area contributed by atoms with Gasteiger partial charge in [-0.15, -0.1) is 0 Å². The highest BCUT2D eigenvalue weighted by atomic mass is 32.1. The Balaban J connectivity index is 0.000000291. The van der Waals surface area contributed by atoms with Crippen LogP contribution in [0.2, 0.25) is 0 Å². The van der Waals surface area contributed by atoms with Crippen LogP contribution in [0.3, 0.4) is 0 Å². The summed E-state index contributed by atoms with van der Waals surface area (Å²) in [6, 6.07) is 6.89. The smallest absolute Gasteiger partial charge is 0.328 e. The second kappa shape index (κ2) is 51.8. The molecule has 12 amide bonds. The molecule has 0 spiro atoms. The lowest BCUT2D eigenvalue weighted by Gasteiger charge is -2.19. The van der Waals surface area contributed by atoms with Gasteiger partial charge in [0.1, 0.15) is 77.3 Å². The van der Waals surface area contributed by atoms with Gasteiger partial charge in [-0.2, -0.15) is 50.5 Å². The van der Waals surface area contributed by atoms with Crippen molar-refractivity contribution >= 4 is 145 Å². The average Bonchev–Trinajstić information content (AvgIpc) is 0.850. The van der Waals surface area contributed by atoms with E-state index in [2.05, 4.69) is 161 Å². The molecule has 0 fully saturated rings. The number of aromatic nitrogens is 4. The maximum atomic E-state index is 14.1. The quantitative estimate of drug-likeness (QED) is 0.0319. The maximum Gasteiger partial charge on any atom is 0.328 e. The molecule has 0 saturated heterocycles. The van der Waals surface area contributed by atoms with Gasteiger partial charge in [-0.1, -0.05) is 56.7 Å². The van der Waals surface area contributed by atoms with Crippen LogP contribution in [0.4, 0.5) is 13.2 Å². The average molecular weight is 1780 g/mol. The van der Waals surface area contributed by atoms with Crippen molar-refractivity contribution in [1.29, 1.82) is 0 Å². The molecule has 36 nitrogen and oxygen atoms in total. The molecule has 658 valence electrons. The first kappa shape index (κ1) is 101. The minimum Gasteiger partial charge on any atom is -0.456 e. The fourth-order valence-corrected chi connectivity index (χ4v) is 10.6. The van der Waals surface area contributed by atoms with Crippen LogP contribution in [0.1, 0.15) is 144 Å². The van der Waals surface area contributed by atoms with Gasteiger partial charge >= 0.3 is 23.9 Å². The number of fused-ring (bicyclic) bond motifs is 8. The highest BCUT2D eigenvalue weighted by Gasteiger charge is 2.31. The Bertz CT molecular complexity index is 4800. The fourth-order valence-electron chi connectivity index (χ4n) is 9.99. The minimum atomic E-state index is -1.10. The van der Waals surface area contributed by atoms with Crippen molar-refractivity contribution in [3.05, 3.63) is 215 Å². The Kier molecular flexibility index (Phi) is 42.4. The summed E-state index contributed by atoms with van der Waals surface area (Å²) in [5, 5.41) is 28.7. The zero-order valence-electron chi connectivity index (χ0n) is 67.0. The first-order valence-electron chi connectivity index (χ1n) is 37.6. The molecule has 8 bridgehead atoms. The molecular weight excluding hydrogens is 1690 g/mol. The van der Waals surface area contributed by atoms with Crippen molar-refractivity contribution in [2.45, 2.75) is 154 Å². The molecule has 0 saturated carbocycles. The summed E-state index contributed by atoms with van der Waals surface area (Å²) in [7, 11) is 0. The molecule has 0 unspecified atom stereocenters. The zero-order valence-corrected chi connectivity index (χ0v) is 70.5. The lowest BCUT2D eigenvalue weighted by atomic mass is 10.2. The van der Waals surface area contributed by atoms with E-state index in [9.17, 15) is 89.9 Å². The molecule has 4 aromatic rings. The Morgan fingerprint density at radius 3 is 1.06 bits per heavy atom. The van der Waals surface area contributed by atoms with Crippen molar-refractivity contribution in [3.63, 3.8) is 0 Å². The number of ether oxygens (including phenoxy) is 4. The topological polar surface area (TPSA) is 506 Å². The second-order valence-electron chi connectivity index (χ2n) is 26.5. The van der Waals surface area contributed by atoms with Crippen LogP contribution < -0.4 is 63.8 Å². The van der Waals surface area contributed by atoms with Gasteiger partial charge in [-0.05, 0) is 143 Å². The monoisotopic (exact) mass is 1780 g/mol. The summed E-state index contributed by atoms with van der Waals surface area (Å²) >= 11 is 16.4. The van der Waals surface area contributed by atoms with E-state index in [1.54, 1.807) is 60.7 Å². The summed E-state index contributed by atoms with van der Waals surface area (Å²) < 4.78 is 63.4. The summed E-state index contributed by atoms with van der Waals surface area (Å²) in [5.74, 6) is -11.5. The number of nitrogens with one attached hydrogen (secondary N) is 12. The summed E-state index contributed by atoms with van der Waals surface area (Å²) in [6.45, 7) is 19.0. The Morgan fingerprint density at radius 2 is 0.683 bits per heavy atom. The molecule has 0 radical (unpaired) electrons. The first-order valence-corrected chi connectivity index (χ1v) is 40.1. The number of allylic oxidation sites excluding steroid dienone is 4. The molecule has 0 aliphatic carbocycles. The van der Waals surface area contributed by atoms with E-state index in [4.69, 9.17) is 18.9 Å². The van der Waals surface area contributed by atoms with E-state index in [0.29, 0.717) is 54.4 Å². The molecule has 8 rings (SSSR count). The number of carbonyl (C=O) groups is 16. The normalized spacial score (nSPS) is 21.4. The van der Waals surface area contributed by atoms with Gasteiger partial charge in [-0.3, -0.25) is 57.5 Å². The highest BCUT2D eigenvalue weighted by molar-refractivity contribution is 7.80. The number of esters is 4. The van der Waals surface area contributed by atoms with Gasteiger partial charge in [-0.25, -0.2) is 52.3 Å². The van der Waals surface area contributed by atoms with E-state index in [1.165, 1.54) is 39.8 Å². The number of thiol groups is 4. The van der Waals surface area contributed by atoms with Crippen LogP contribution in [0.5, 0.6) is 0 Å². The lowest BCUT2D eigenvalue weighted by Crippen LogP contribution is -2.44. The van der Waals surface area contributed by atoms with Crippen molar-refractivity contribution in [2.24, 2.45) is 0 Å². The highest BCUT2D eigenvalue weighted by Crippen LogP contribution is 2.16. The number of nitrogens with zero attached hydrogens (tertiary/aromatic N) is 4. The van der Waals surface area contributed by atoms with Crippen LogP contribution in [0, 0.1) is 17.5 Å². The fraction of sp³-hybridized carbons (Fsp3) is 0.350. The van der Waals surface area contributed by atoms with Crippen molar-refractivity contribution in [2.75, 3.05) is 23.0 Å². The molecule has 0 aromatic carbocycles. The van der Waals surface area contributed by atoms with Gasteiger partial charge in [0.05, 0.1) is 97.4 Å². The van der Waals surface area contributed by atoms with Gasteiger partial charge in [0.2, 0.25) is 23.6 Å². The Labute approximate surface area is 726 Å². The summed E-state index contributed by atoms with van der Waals surface area (Å²) in [6.07, 6.45) is 11.4. The SMILES string of the molecule is C=C1NC(=O)c2cc(F)cc(n2)CNC(=O)C[C@@H](/C=C/CCS)OC(=O)[C@H](C)NC1=O.C=C1NC(=O)c2ccc(F)c(n2)CNC(=O)C[C@@H](/C=C/CCS)OC(=O)[C@H](C)NC1=O.C=C1NC(=O)c2cccc(n2)CNC(=O)C[C@@H](/C=C/CCS)OC(=O)[C@H](C)NC1=O.C=C1NC(=O)c2nc(ccc2F)CNC(=O)C[C@@H](/C=C/CCS)OC(=O)[C@H](C)NC1=O. The van der Waals surface area contributed by atoms with Crippen LogP contribution in [-0.2, 0) is 103 Å². The predicted molar refractivity (Wildman–Crippen MR) is 449 cm³/mol. The van der Waals surface area contributed by atoms with E-state index in [0.717, 1.165) is 30.3 Å². The van der Waals surface area contributed by atoms with E-state index in [-0.39, 0.29) is 109 Å². The maximum absolute atomic E-state index is 14.1. The van der Waals surface area contributed by atoms with Gasteiger partial charge in [0.25, 0.3) is 47.3 Å². The molecule has 43 heteroatoms.